The van der Waals surface area contributed by atoms with E-state index in [1.807, 2.05) is 29.2 Å². The van der Waals surface area contributed by atoms with E-state index in [-0.39, 0.29) is 16.1 Å². The highest BCUT2D eigenvalue weighted by atomic mass is 32.2. The summed E-state index contributed by atoms with van der Waals surface area (Å²) in [6.07, 6.45) is 5.75. The Bertz CT molecular complexity index is 1020. The molecule has 7 nitrogen and oxygen atoms in total. The van der Waals surface area contributed by atoms with Gasteiger partial charge < -0.3 is 14.5 Å². The Kier molecular flexibility index (Phi) is 6.76. The van der Waals surface area contributed by atoms with Crippen LogP contribution in [0.1, 0.15) is 39.2 Å². The van der Waals surface area contributed by atoms with Crippen LogP contribution in [0.2, 0.25) is 0 Å². The van der Waals surface area contributed by atoms with Gasteiger partial charge in [0.25, 0.3) is 5.24 Å². The smallest absolute Gasteiger partial charge is 0.282 e. The van der Waals surface area contributed by atoms with Gasteiger partial charge in [-0.2, -0.15) is 0 Å². The predicted molar refractivity (Wildman–Crippen MR) is 129 cm³/mol. The molecule has 0 N–H and O–H groups in total. The fourth-order valence-electron chi connectivity index (χ4n) is 3.99. The Morgan fingerprint density at radius 2 is 1.91 bits per heavy atom. The Hall–Kier alpha value is -2.13. The number of fused-ring (bicyclic) bond motifs is 1. The van der Waals surface area contributed by atoms with Crippen LogP contribution >= 0.6 is 11.8 Å². The summed E-state index contributed by atoms with van der Waals surface area (Å²) >= 11 is 1.38. The second kappa shape index (κ2) is 9.39. The summed E-state index contributed by atoms with van der Waals surface area (Å²) < 4.78 is 17.9. The number of rotatable bonds is 4. The highest BCUT2D eigenvalue weighted by Gasteiger charge is 2.28. The Labute approximate surface area is 196 Å². The zero-order valence-electron chi connectivity index (χ0n) is 19.0. The van der Waals surface area contributed by atoms with Crippen molar-refractivity contribution in [1.82, 2.24) is 14.9 Å². The normalized spacial score (nSPS) is 17.9. The van der Waals surface area contributed by atoms with Gasteiger partial charge >= 0.3 is 0 Å². The number of aromatic nitrogens is 2. The fourth-order valence-corrected chi connectivity index (χ4v) is 5.39. The molecule has 9 heteroatoms. The predicted octanol–water partition coefficient (Wildman–Crippen LogP) is 4.40. The van der Waals surface area contributed by atoms with Crippen molar-refractivity contribution in [3.63, 3.8) is 0 Å². The van der Waals surface area contributed by atoms with Crippen molar-refractivity contribution in [2.75, 3.05) is 30.8 Å². The Morgan fingerprint density at radius 1 is 1.16 bits per heavy atom. The maximum atomic E-state index is 12.4. The van der Waals surface area contributed by atoms with Gasteiger partial charge in [0.15, 0.2) is 0 Å². The van der Waals surface area contributed by atoms with Gasteiger partial charge in [-0.25, -0.2) is 9.97 Å². The molecule has 4 rings (SSSR count). The lowest BCUT2D eigenvalue weighted by atomic mass is 10.1. The van der Waals surface area contributed by atoms with Crippen LogP contribution in [0.4, 0.5) is 16.3 Å². The molecule has 2 aliphatic rings. The summed E-state index contributed by atoms with van der Waals surface area (Å²) in [5, 5.41) is 0.142. The van der Waals surface area contributed by atoms with Gasteiger partial charge in [-0.15, -0.1) is 0 Å². The molecular formula is C23H30N4O3S2. The summed E-state index contributed by atoms with van der Waals surface area (Å²) in [6, 6.07) is 7.84. The molecule has 1 amide bonds. The number of hydrogen-bond acceptors (Lipinski definition) is 7. The third kappa shape index (κ3) is 5.43. The van der Waals surface area contributed by atoms with Crippen LogP contribution in [-0.4, -0.2) is 61.1 Å². The van der Waals surface area contributed by atoms with Crippen molar-refractivity contribution in [2.24, 2.45) is 0 Å². The molecule has 0 radical (unpaired) electrons. The summed E-state index contributed by atoms with van der Waals surface area (Å²) in [5.74, 6) is 1.36. The number of amides is 1. The monoisotopic (exact) mass is 474 g/mol. The topological polar surface area (TPSA) is 75.6 Å². The minimum atomic E-state index is -0.986. The SMILES string of the molecule is CS(=O)c1ccc2c(c1)CCN2c1cc(OC2CCN(C(=O)SC(C)(C)C)CC2)ncn1. The molecule has 172 valence electrons. The number of anilines is 2. The molecule has 1 fully saturated rings. The van der Waals surface area contributed by atoms with Crippen molar-refractivity contribution in [2.45, 2.75) is 55.8 Å². The van der Waals surface area contributed by atoms with Crippen LogP contribution in [0.3, 0.4) is 0 Å². The zero-order chi connectivity index (χ0) is 22.9. The van der Waals surface area contributed by atoms with Crippen molar-refractivity contribution in [1.29, 1.82) is 0 Å². The first-order chi connectivity index (χ1) is 15.2. The largest absolute Gasteiger partial charge is 0.474 e. The van der Waals surface area contributed by atoms with Gasteiger partial charge in [-0.3, -0.25) is 9.00 Å². The van der Waals surface area contributed by atoms with E-state index in [2.05, 4.69) is 35.6 Å². The summed E-state index contributed by atoms with van der Waals surface area (Å²) in [7, 11) is -0.986. The van der Waals surface area contributed by atoms with Crippen LogP contribution in [0.15, 0.2) is 35.5 Å². The fraction of sp³-hybridized carbons (Fsp3) is 0.522. The maximum absolute atomic E-state index is 12.4. The number of likely N-dealkylation sites (tertiary alicyclic amines) is 1. The number of benzene rings is 1. The molecule has 3 heterocycles. The summed E-state index contributed by atoms with van der Waals surface area (Å²) in [6.45, 7) is 8.38. The number of hydrogen-bond donors (Lipinski definition) is 0. The molecule has 0 bridgehead atoms. The molecule has 1 atom stereocenters. The van der Waals surface area contributed by atoms with E-state index in [1.165, 1.54) is 23.7 Å². The number of ether oxygens (including phenoxy) is 1. The van der Waals surface area contributed by atoms with E-state index < -0.39 is 10.8 Å². The van der Waals surface area contributed by atoms with Gasteiger partial charge in [-0.05, 0) is 30.2 Å². The number of carbonyl (C=O) groups is 1. The number of thioether (sulfide) groups is 1. The molecule has 0 aliphatic carbocycles. The van der Waals surface area contributed by atoms with Crippen molar-refractivity contribution in [3.05, 3.63) is 36.2 Å². The summed E-state index contributed by atoms with van der Waals surface area (Å²) in [4.78, 5) is 26.1. The molecule has 1 unspecified atom stereocenters. The first-order valence-corrected chi connectivity index (χ1v) is 13.3. The molecule has 1 aromatic heterocycles. The van der Waals surface area contributed by atoms with Gasteiger partial charge in [0.05, 0.1) is 0 Å². The minimum absolute atomic E-state index is 0.0365. The first kappa shape index (κ1) is 23.0. The highest BCUT2D eigenvalue weighted by Crippen LogP contribution is 2.35. The number of carbonyl (C=O) groups excluding carboxylic acids is 1. The van der Waals surface area contributed by atoms with Gasteiger partial charge in [-0.1, -0.05) is 32.5 Å². The zero-order valence-corrected chi connectivity index (χ0v) is 20.7. The number of nitrogens with zero attached hydrogens (tertiary/aromatic N) is 4. The van der Waals surface area contributed by atoms with E-state index in [4.69, 9.17) is 4.74 Å². The molecule has 1 aromatic carbocycles. The molecular weight excluding hydrogens is 444 g/mol. The molecule has 32 heavy (non-hydrogen) atoms. The van der Waals surface area contributed by atoms with Gasteiger partial charge in [0.1, 0.15) is 18.2 Å². The van der Waals surface area contributed by atoms with Crippen LogP contribution in [-0.2, 0) is 17.2 Å². The molecule has 1 saturated heterocycles. The first-order valence-electron chi connectivity index (χ1n) is 10.9. The Morgan fingerprint density at radius 3 is 2.59 bits per heavy atom. The maximum Gasteiger partial charge on any atom is 0.282 e. The van der Waals surface area contributed by atoms with Crippen molar-refractivity contribution < 1.29 is 13.7 Å². The van der Waals surface area contributed by atoms with E-state index in [1.54, 1.807) is 6.26 Å². The minimum Gasteiger partial charge on any atom is -0.474 e. The Balaban J connectivity index is 1.38. The average molecular weight is 475 g/mol. The van der Waals surface area contributed by atoms with Crippen LogP contribution in [0.25, 0.3) is 0 Å². The third-order valence-electron chi connectivity index (χ3n) is 5.56. The molecule has 2 aromatic rings. The quantitative estimate of drug-likeness (QED) is 0.650. The molecule has 2 aliphatic heterocycles. The molecule has 0 saturated carbocycles. The lowest BCUT2D eigenvalue weighted by molar-refractivity contribution is 0.115. The lowest BCUT2D eigenvalue weighted by Gasteiger charge is -2.33. The van der Waals surface area contributed by atoms with Crippen LogP contribution in [0.5, 0.6) is 5.88 Å². The van der Waals surface area contributed by atoms with Crippen LogP contribution < -0.4 is 9.64 Å². The standard InChI is InChI=1S/C23H30N4O3S2/c1-23(2,3)31-22(28)26-10-8-17(9-11-26)30-21-14-20(24-15-25-21)27-12-7-16-13-18(32(4)29)5-6-19(16)27/h5-6,13-15,17H,7-12H2,1-4H3. The van der Waals surface area contributed by atoms with Crippen LogP contribution in [0, 0.1) is 0 Å². The van der Waals surface area contributed by atoms with E-state index in [0.717, 1.165) is 42.2 Å². The lowest BCUT2D eigenvalue weighted by Crippen LogP contribution is -2.41. The average Bonchev–Trinajstić information content (AvgIpc) is 3.16. The highest BCUT2D eigenvalue weighted by molar-refractivity contribution is 8.14. The van der Waals surface area contributed by atoms with E-state index in [0.29, 0.717) is 19.0 Å². The number of piperidine rings is 1. The van der Waals surface area contributed by atoms with Gasteiger partial charge in [0, 0.05) is 70.9 Å². The van der Waals surface area contributed by atoms with E-state index >= 15 is 0 Å². The second-order valence-electron chi connectivity index (χ2n) is 9.15. The third-order valence-corrected chi connectivity index (χ3v) is 7.53. The molecule has 0 spiro atoms. The summed E-state index contributed by atoms with van der Waals surface area (Å²) in [5.41, 5.74) is 2.27. The second-order valence-corrected chi connectivity index (χ2v) is 12.3. The van der Waals surface area contributed by atoms with E-state index in [9.17, 15) is 9.00 Å². The van der Waals surface area contributed by atoms with Crippen molar-refractivity contribution in [3.8, 4) is 5.88 Å². The van der Waals surface area contributed by atoms with Crippen molar-refractivity contribution >= 4 is 39.3 Å². The van der Waals surface area contributed by atoms with Gasteiger partial charge in [0.2, 0.25) is 5.88 Å².